The van der Waals surface area contributed by atoms with Gasteiger partial charge in [-0.05, 0) is 49.4 Å². The first-order valence-corrected chi connectivity index (χ1v) is 6.75. The third-order valence-corrected chi connectivity index (χ3v) is 4.23. The lowest BCUT2D eigenvalue weighted by atomic mass is 9.91. The molecule has 1 saturated heterocycles. The van der Waals surface area contributed by atoms with Gasteiger partial charge in [-0.2, -0.15) is 0 Å². The van der Waals surface area contributed by atoms with Gasteiger partial charge in [-0.15, -0.1) is 0 Å². The van der Waals surface area contributed by atoms with Crippen LogP contribution < -0.4 is 5.32 Å². The van der Waals surface area contributed by atoms with E-state index >= 15 is 0 Å². The Bertz CT molecular complexity index is 396. The summed E-state index contributed by atoms with van der Waals surface area (Å²) >= 11 is 0. The monoisotopic (exact) mass is 231 g/mol. The minimum atomic E-state index is 0.461. The molecule has 2 aliphatic rings. The Kier molecular flexibility index (Phi) is 3.17. The lowest BCUT2D eigenvalue weighted by molar-refractivity contribution is 0.178. The summed E-state index contributed by atoms with van der Waals surface area (Å²) in [5, 5.41) is 3.47. The van der Waals surface area contributed by atoms with E-state index in [1.165, 1.54) is 31.2 Å². The van der Waals surface area contributed by atoms with Crippen LogP contribution in [0.2, 0.25) is 0 Å². The first kappa shape index (κ1) is 11.2. The van der Waals surface area contributed by atoms with Crippen LogP contribution in [0.25, 0.3) is 0 Å². The quantitative estimate of drug-likeness (QED) is 0.863. The summed E-state index contributed by atoms with van der Waals surface area (Å²) in [4.78, 5) is 0. The van der Waals surface area contributed by atoms with E-state index in [9.17, 15) is 0 Å². The molecule has 1 aliphatic heterocycles. The smallest absolute Gasteiger partial charge is 0.0513 e. The molecule has 92 valence electrons. The van der Waals surface area contributed by atoms with Crippen molar-refractivity contribution >= 4 is 0 Å². The Morgan fingerprint density at radius 3 is 2.94 bits per heavy atom. The van der Waals surface area contributed by atoms with Gasteiger partial charge < -0.3 is 10.1 Å². The van der Waals surface area contributed by atoms with Crippen LogP contribution in [0.4, 0.5) is 0 Å². The molecule has 2 nitrogen and oxygen atoms in total. The molecular formula is C15H21NO. The molecule has 1 fully saturated rings. The highest BCUT2D eigenvalue weighted by molar-refractivity contribution is 5.36. The van der Waals surface area contributed by atoms with E-state index < -0.39 is 0 Å². The summed E-state index contributed by atoms with van der Waals surface area (Å²) in [5.74, 6) is 0.638. The summed E-state index contributed by atoms with van der Waals surface area (Å²) in [6.45, 7) is 1.83. The van der Waals surface area contributed by atoms with Gasteiger partial charge in [0.15, 0.2) is 0 Å². The number of ether oxygens (including phenoxy) is 1. The Labute approximate surface area is 103 Å². The maximum absolute atomic E-state index is 5.51. The first-order chi connectivity index (χ1) is 8.38. The fourth-order valence-corrected chi connectivity index (χ4v) is 3.28. The van der Waals surface area contributed by atoms with Crippen molar-refractivity contribution in [2.24, 2.45) is 5.92 Å². The summed E-state index contributed by atoms with van der Waals surface area (Å²) < 4.78 is 5.51. The van der Waals surface area contributed by atoms with E-state index in [0.717, 1.165) is 13.2 Å². The molecule has 2 atom stereocenters. The van der Waals surface area contributed by atoms with Crippen molar-refractivity contribution in [3.8, 4) is 0 Å². The van der Waals surface area contributed by atoms with Crippen molar-refractivity contribution in [3.05, 3.63) is 34.9 Å². The summed E-state index contributed by atoms with van der Waals surface area (Å²) in [7, 11) is 2.07. The number of hydrogen-bond donors (Lipinski definition) is 1. The molecule has 1 N–H and O–H groups in total. The fourth-order valence-electron chi connectivity index (χ4n) is 3.28. The minimum absolute atomic E-state index is 0.461. The van der Waals surface area contributed by atoms with E-state index in [-0.39, 0.29) is 0 Å². The van der Waals surface area contributed by atoms with Crippen molar-refractivity contribution in [1.82, 2.24) is 5.32 Å². The molecule has 2 heteroatoms. The van der Waals surface area contributed by atoms with Gasteiger partial charge in [0, 0.05) is 18.6 Å². The van der Waals surface area contributed by atoms with Crippen molar-refractivity contribution in [2.45, 2.75) is 31.7 Å². The van der Waals surface area contributed by atoms with Gasteiger partial charge in [0.1, 0.15) is 0 Å². The molecule has 0 amide bonds. The van der Waals surface area contributed by atoms with E-state index in [4.69, 9.17) is 4.74 Å². The van der Waals surface area contributed by atoms with Crippen LogP contribution in [0, 0.1) is 5.92 Å². The highest BCUT2D eigenvalue weighted by atomic mass is 16.5. The van der Waals surface area contributed by atoms with Crippen molar-refractivity contribution in [2.75, 3.05) is 20.3 Å². The van der Waals surface area contributed by atoms with Crippen LogP contribution in [0.1, 0.15) is 35.6 Å². The van der Waals surface area contributed by atoms with Gasteiger partial charge in [-0.3, -0.25) is 0 Å². The van der Waals surface area contributed by atoms with Crippen LogP contribution in [-0.4, -0.2) is 20.3 Å². The SMILES string of the molecule is CNC(c1ccc2c(c1)CCC2)C1CCOC1. The van der Waals surface area contributed by atoms with Gasteiger partial charge in [0.25, 0.3) is 0 Å². The Hall–Kier alpha value is -0.860. The standard InChI is InChI=1S/C15H21NO/c1-16-15(14-7-8-17-10-14)13-6-5-11-3-2-4-12(11)9-13/h5-6,9,14-16H,2-4,7-8,10H2,1H3. The van der Waals surface area contributed by atoms with E-state index in [1.807, 2.05) is 0 Å². The van der Waals surface area contributed by atoms with Crippen LogP contribution >= 0.6 is 0 Å². The van der Waals surface area contributed by atoms with Crippen molar-refractivity contribution in [1.29, 1.82) is 0 Å². The molecule has 0 radical (unpaired) electrons. The molecule has 1 aromatic rings. The number of benzene rings is 1. The van der Waals surface area contributed by atoms with Crippen molar-refractivity contribution < 1.29 is 4.74 Å². The van der Waals surface area contributed by atoms with Crippen molar-refractivity contribution in [3.63, 3.8) is 0 Å². The van der Waals surface area contributed by atoms with E-state index in [2.05, 4.69) is 30.6 Å². The lowest BCUT2D eigenvalue weighted by Crippen LogP contribution is -2.25. The highest BCUT2D eigenvalue weighted by Crippen LogP contribution is 2.31. The second-order valence-electron chi connectivity index (χ2n) is 5.27. The van der Waals surface area contributed by atoms with Gasteiger partial charge in [-0.25, -0.2) is 0 Å². The topological polar surface area (TPSA) is 21.3 Å². The maximum Gasteiger partial charge on any atom is 0.0513 e. The number of fused-ring (bicyclic) bond motifs is 1. The number of nitrogens with one attached hydrogen (secondary N) is 1. The Morgan fingerprint density at radius 2 is 2.18 bits per heavy atom. The van der Waals surface area contributed by atoms with E-state index in [0.29, 0.717) is 12.0 Å². The predicted molar refractivity (Wildman–Crippen MR) is 69.2 cm³/mol. The Balaban J connectivity index is 1.85. The summed E-state index contributed by atoms with van der Waals surface area (Å²) in [5.41, 5.74) is 4.58. The van der Waals surface area contributed by atoms with E-state index in [1.54, 1.807) is 11.1 Å². The average molecular weight is 231 g/mol. The normalized spacial score (nSPS) is 24.9. The second-order valence-corrected chi connectivity index (χ2v) is 5.27. The zero-order valence-electron chi connectivity index (χ0n) is 10.5. The van der Waals surface area contributed by atoms with Gasteiger partial charge in [0.05, 0.1) is 6.61 Å². The largest absolute Gasteiger partial charge is 0.381 e. The summed E-state index contributed by atoms with van der Waals surface area (Å²) in [6, 6.07) is 7.52. The van der Waals surface area contributed by atoms with Gasteiger partial charge in [-0.1, -0.05) is 18.2 Å². The molecule has 3 rings (SSSR count). The third-order valence-electron chi connectivity index (χ3n) is 4.23. The minimum Gasteiger partial charge on any atom is -0.381 e. The maximum atomic E-state index is 5.51. The van der Waals surface area contributed by atoms with Crippen LogP contribution in [0.3, 0.4) is 0 Å². The molecule has 0 aromatic heterocycles. The molecule has 2 unspecified atom stereocenters. The number of aryl methyl sites for hydroxylation is 2. The van der Waals surface area contributed by atoms with Gasteiger partial charge in [0.2, 0.25) is 0 Å². The summed E-state index contributed by atoms with van der Waals surface area (Å²) in [6.07, 6.45) is 5.05. The fraction of sp³-hybridized carbons (Fsp3) is 0.600. The molecule has 0 saturated carbocycles. The molecule has 1 aliphatic carbocycles. The highest BCUT2D eigenvalue weighted by Gasteiger charge is 2.26. The molecule has 0 spiro atoms. The third kappa shape index (κ3) is 2.12. The van der Waals surface area contributed by atoms with Crippen LogP contribution in [-0.2, 0) is 17.6 Å². The van der Waals surface area contributed by atoms with Gasteiger partial charge >= 0.3 is 0 Å². The average Bonchev–Trinajstić information content (AvgIpc) is 2.99. The molecule has 1 heterocycles. The number of rotatable bonds is 3. The van der Waals surface area contributed by atoms with Crippen LogP contribution in [0.15, 0.2) is 18.2 Å². The molecular weight excluding hydrogens is 210 g/mol. The second kappa shape index (κ2) is 4.79. The lowest BCUT2D eigenvalue weighted by Gasteiger charge is -2.23. The first-order valence-electron chi connectivity index (χ1n) is 6.75. The van der Waals surface area contributed by atoms with Crippen LogP contribution in [0.5, 0.6) is 0 Å². The molecule has 0 bridgehead atoms. The Morgan fingerprint density at radius 1 is 1.29 bits per heavy atom. The predicted octanol–water partition coefficient (Wildman–Crippen LogP) is 2.47. The number of hydrogen-bond acceptors (Lipinski definition) is 2. The molecule has 1 aromatic carbocycles. The zero-order valence-corrected chi connectivity index (χ0v) is 10.5. The molecule has 17 heavy (non-hydrogen) atoms. The zero-order chi connectivity index (χ0) is 11.7.